The van der Waals surface area contributed by atoms with Gasteiger partial charge in [0, 0.05) is 12.7 Å². The maximum Gasteiger partial charge on any atom is 0.126 e. The Kier molecular flexibility index (Phi) is 2.07. The minimum atomic E-state index is 0.0881. The van der Waals surface area contributed by atoms with Gasteiger partial charge in [-0.05, 0) is 11.6 Å². The normalized spacial score (nSPS) is 18.8. The number of hydrogen-bond acceptors (Lipinski definition) is 2. The number of rotatable bonds is 2. The zero-order valence-electron chi connectivity index (χ0n) is 7.78. The van der Waals surface area contributed by atoms with Gasteiger partial charge < -0.3 is 9.47 Å². The Balaban J connectivity index is 2.48. The molecule has 0 amide bonds. The van der Waals surface area contributed by atoms with Gasteiger partial charge in [-0.1, -0.05) is 24.3 Å². The molecule has 0 heterocycles. The molecule has 0 spiro atoms. The van der Waals surface area contributed by atoms with Crippen LogP contribution in [-0.4, -0.2) is 14.2 Å². The first-order chi connectivity index (χ1) is 6.36. The summed E-state index contributed by atoms with van der Waals surface area (Å²) in [6, 6.07) is 6.00. The highest BCUT2D eigenvalue weighted by Crippen LogP contribution is 2.35. The van der Waals surface area contributed by atoms with Crippen molar-refractivity contribution in [2.45, 2.75) is 6.10 Å². The highest BCUT2D eigenvalue weighted by Gasteiger charge is 2.18. The van der Waals surface area contributed by atoms with Crippen LogP contribution in [0.5, 0.6) is 5.75 Å². The monoisotopic (exact) mass is 176 g/mol. The van der Waals surface area contributed by atoms with E-state index in [9.17, 15) is 0 Å². The van der Waals surface area contributed by atoms with E-state index in [1.165, 1.54) is 5.56 Å². The van der Waals surface area contributed by atoms with Crippen molar-refractivity contribution in [2.24, 2.45) is 0 Å². The number of hydrogen-bond donors (Lipinski definition) is 0. The van der Waals surface area contributed by atoms with Crippen LogP contribution in [0.25, 0.3) is 6.08 Å². The lowest BCUT2D eigenvalue weighted by Crippen LogP contribution is -1.96. The molecule has 0 radical (unpaired) electrons. The molecule has 68 valence electrons. The molecule has 0 N–H and O–H groups in total. The van der Waals surface area contributed by atoms with Crippen LogP contribution in [0.2, 0.25) is 0 Å². The first-order valence-electron chi connectivity index (χ1n) is 4.24. The predicted octanol–water partition coefficient (Wildman–Crippen LogP) is 2.41. The van der Waals surface area contributed by atoms with Gasteiger partial charge in [-0.2, -0.15) is 0 Å². The molecule has 1 aromatic carbocycles. The van der Waals surface area contributed by atoms with Crippen molar-refractivity contribution in [1.29, 1.82) is 0 Å². The number of methoxy groups -OCH3 is 2. The molecule has 1 aliphatic carbocycles. The Morgan fingerprint density at radius 1 is 1.23 bits per heavy atom. The Morgan fingerprint density at radius 2 is 2.08 bits per heavy atom. The van der Waals surface area contributed by atoms with Crippen molar-refractivity contribution >= 4 is 6.08 Å². The van der Waals surface area contributed by atoms with Gasteiger partial charge >= 0.3 is 0 Å². The van der Waals surface area contributed by atoms with Gasteiger partial charge in [-0.3, -0.25) is 0 Å². The number of ether oxygens (including phenoxy) is 2. The fourth-order valence-corrected chi connectivity index (χ4v) is 1.66. The van der Waals surface area contributed by atoms with Gasteiger partial charge in [0.15, 0.2) is 0 Å². The van der Waals surface area contributed by atoms with Crippen LogP contribution >= 0.6 is 0 Å². The van der Waals surface area contributed by atoms with E-state index in [0.717, 1.165) is 11.3 Å². The van der Waals surface area contributed by atoms with Crippen molar-refractivity contribution in [3.05, 3.63) is 35.4 Å². The van der Waals surface area contributed by atoms with Crippen molar-refractivity contribution in [3.8, 4) is 5.75 Å². The molecule has 1 atom stereocenters. The third-order valence-electron chi connectivity index (χ3n) is 2.32. The first-order valence-corrected chi connectivity index (χ1v) is 4.24. The van der Waals surface area contributed by atoms with Gasteiger partial charge in [0.1, 0.15) is 11.9 Å². The number of fused-ring (bicyclic) bond motifs is 1. The summed E-state index contributed by atoms with van der Waals surface area (Å²) in [6.07, 6.45) is 4.17. The largest absolute Gasteiger partial charge is 0.496 e. The third-order valence-corrected chi connectivity index (χ3v) is 2.32. The molecule has 0 bridgehead atoms. The van der Waals surface area contributed by atoms with Gasteiger partial charge in [0.25, 0.3) is 0 Å². The Labute approximate surface area is 77.8 Å². The van der Waals surface area contributed by atoms with E-state index in [2.05, 4.69) is 6.07 Å². The Bertz CT molecular complexity index is 342. The summed E-state index contributed by atoms with van der Waals surface area (Å²) in [6.45, 7) is 0. The quantitative estimate of drug-likeness (QED) is 0.689. The van der Waals surface area contributed by atoms with E-state index in [0.29, 0.717) is 0 Å². The summed E-state index contributed by atoms with van der Waals surface area (Å²) in [7, 11) is 3.40. The van der Waals surface area contributed by atoms with Crippen LogP contribution in [0.3, 0.4) is 0 Å². The zero-order chi connectivity index (χ0) is 9.26. The van der Waals surface area contributed by atoms with Crippen molar-refractivity contribution < 1.29 is 9.47 Å². The molecule has 13 heavy (non-hydrogen) atoms. The van der Waals surface area contributed by atoms with Crippen LogP contribution in [0.4, 0.5) is 0 Å². The fourth-order valence-electron chi connectivity index (χ4n) is 1.66. The molecule has 0 aromatic heterocycles. The smallest absolute Gasteiger partial charge is 0.126 e. The topological polar surface area (TPSA) is 18.5 Å². The molecule has 0 saturated carbocycles. The first kappa shape index (κ1) is 8.32. The zero-order valence-corrected chi connectivity index (χ0v) is 7.78. The van der Waals surface area contributed by atoms with E-state index in [4.69, 9.17) is 9.47 Å². The molecule has 2 heteroatoms. The minimum Gasteiger partial charge on any atom is -0.496 e. The lowest BCUT2D eigenvalue weighted by atomic mass is 10.1. The number of benzene rings is 1. The second-order valence-corrected chi connectivity index (χ2v) is 2.98. The summed E-state index contributed by atoms with van der Waals surface area (Å²) in [4.78, 5) is 0. The molecule has 2 rings (SSSR count). The summed E-state index contributed by atoms with van der Waals surface area (Å²) in [5.74, 6) is 0.910. The highest BCUT2D eigenvalue weighted by molar-refractivity contribution is 5.67. The average molecular weight is 176 g/mol. The van der Waals surface area contributed by atoms with Crippen LogP contribution in [-0.2, 0) is 4.74 Å². The molecular formula is C11H12O2. The van der Waals surface area contributed by atoms with Crippen molar-refractivity contribution in [3.63, 3.8) is 0 Å². The van der Waals surface area contributed by atoms with E-state index >= 15 is 0 Å². The average Bonchev–Trinajstić information content (AvgIpc) is 2.60. The lowest BCUT2D eigenvalue weighted by molar-refractivity contribution is 0.145. The highest BCUT2D eigenvalue weighted by atomic mass is 16.5. The molecule has 1 aromatic rings. The third kappa shape index (κ3) is 1.23. The van der Waals surface area contributed by atoms with E-state index in [1.54, 1.807) is 14.2 Å². The van der Waals surface area contributed by atoms with Crippen LogP contribution < -0.4 is 4.74 Å². The second kappa shape index (κ2) is 3.23. The molecule has 0 saturated heterocycles. The van der Waals surface area contributed by atoms with E-state index in [-0.39, 0.29) is 6.10 Å². The Morgan fingerprint density at radius 3 is 2.77 bits per heavy atom. The molecule has 1 aliphatic rings. The summed E-state index contributed by atoms with van der Waals surface area (Å²) in [5.41, 5.74) is 2.32. The van der Waals surface area contributed by atoms with Crippen molar-refractivity contribution in [1.82, 2.24) is 0 Å². The maximum atomic E-state index is 5.29. The predicted molar refractivity (Wildman–Crippen MR) is 51.8 cm³/mol. The summed E-state index contributed by atoms with van der Waals surface area (Å²) in [5, 5.41) is 0. The fraction of sp³-hybridized carbons (Fsp3) is 0.273. The summed E-state index contributed by atoms with van der Waals surface area (Å²) >= 11 is 0. The van der Waals surface area contributed by atoms with Gasteiger partial charge in [0.05, 0.1) is 7.11 Å². The van der Waals surface area contributed by atoms with Crippen LogP contribution in [0.15, 0.2) is 24.3 Å². The molecule has 2 nitrogen and oxygen atoms in total. The van der Waals surface area contributed by atoms with Crippen molar-refractivity contribution in [2.75, 3.05) is 14.2 Å². The molecular weight excluding hydrogens is 164 g/mol. The molecule has 0 aliphatic heterocycles. The van der Waals surface area contributed by atoms with Crippen LogP contribution in [0.1, 0.15) is 17.2 Å². The Hall–Kier alpha value is -1.28. The minimum absolute atomic E-state index is 0.0881. The molecule has 1 unspecified atom stereocenters. The maximum absolute atomic E-state index is 5.29. The summed E-state index contributed by atoms with van der Waals surface area (Å²) < 4.78 is 10.5. The van der Waals surface area contributed by atoms with Crippen LogP contribution in [0, 0.1) is 0 Å². The van der Waals surface area contributed by atoms with Gasteiger partial charge in [-0.15, -0.1) is 0 Å². The standard InChI is InChI=1S/C11H12O2/c1-12-10-5-3-4-8-9(10)6-7-11(8)13-2/h3-7,11H,1-2H3. The second-order valence-electron chi connectivity index (χ2n) is 2.98. The van der Waals surface area contributed by atoms with Gasteiger partial charge in [-0.25, -0.2) is 0 Å². The molecule has 0 fully saturated rings. The SMILES string of the molecule is COc1cccc2c1C=CC2OC. The van der Waals surface area contributed by atoms with Gasteiger partial charge in [0.2, 0.25) is 0 Å². The van der Waals surface area contributed by atoms with E-state index in [1.807, 2.05) is 24.3 Å². The lowest BCUT2D eigenvalue weighted by Gasteiger charge is -2.10. The van der Waals surface area contributed by atoms with E-state index < -0.39 is 0 Å².